The fourth-order valence-corrected chi connectivity index (χ4v) is 3.02. The highest BCUT2D eigenvalue weighted by Crippen LogP contribution is 2.36. The van der Waals surface area contributed by atoms with Gasteiger partial charge in [0, 0.05) is 11.4 Å². The summed E-state index contributed by atoms with van der Waals surface area (Å²) >= 11 is 1.74. The van der Waals surface area contributed by atoms with Gasteiger partial charge in [0.05, 0.1) is 12.1 Å². The molecular formula is C11H14N2OS. The van der Waals surface area contributed by atoms with Crippen LogP contribution in [0.1, 0.15) is 23.3 Å². The number of nitrogens with zero attached hydrogens (tertiary/aromatic N) is 1. The molecule has 0 unspecified atom stereocenters. The normalized spacial score (nSPS) is 22.3. The van der Waals surface area contributed by atoms with Crippen LogP contribution in [0.15, 0.2) is 11.4 Å². The van der Waals surface area contributed by atoms with E-state index in [1.807, 2.05) is 4.90 Å². The van der Waals surface area contributed by atoms with Crippen molar-refractivity contribution in [3.8, 4) is 0 Å². The Morgan fingerprint density at radius 3 is 3.07 bits per heavy atom. The largest absolute Gasteiger partial charge is 0.336 e. The molecule has 1 aromatic heterocycles. The summed E-state index contributed by atoms with van der Waals surface area (Å²) in [4.78, 5) is 15.3. The van der Waals surface area contributed by atoms with Gasteiger partial charge in [0.1, 0.15) is 0 Å². The first-order chi connectivity index (χ1) is 7.19. The maximum atomic E-state index is 12.0. The molecule has 0 aromatic carbocycles. The van der Waals surface area contributed by atoms with Gasteiger partial charge in [-0.15, -0.1) is 11.3 Å². The molecule has 1 saturated carbocycles. The molecule has 4 heteroatoms. The van der Waals surface area contributed by atoms with Crippen LogP contribution in [0, 0.1) is 0 Å². The molecular weight excluding hydrogens is 208 g/mol. The molecule has 0 atom stereocenters. The first-order valence-electron chi connectivity index (χ1n) is 5.32. The number of carbonyl (C=O) groups excluding carboxylic acids is 1. The number of carbonyl (C=O) groups is 1. The van der Waals surface area contributed by atoms with E-state index in [1.165, 1.54) is 10.4 Å². The second kappa shape index (κ2) is 3.06. The molecule has 0 radical (unpaired) electrons. The topological polar surface area (TPSA) is 46.3 Å². The van der Waals surface area contributed by atoms with E-state index in [2.05, 4.69) is 11.4 Å². The lowest BCUT2D eigenvalue weighted by atomic mass is 10.1. The molecule has 15 heavy (non-hydrogen) atoms. The summed E-state index contributed by atoms with van der Waals surface area (Å²) in [5.41, 5.74) is 6.83. The molecule has 1 aliphatic carbocycles. The van der Waals surface area contributed by atoms with Crippen molar-refractivity contribution in [3.63, 3.8) is 0 Å². The van der Waals surface area contributed by atoms with Crippen molar-refractivity contribution in [2.24, 2.45) is 5.73 Å². The van der Waals surface area contributed by atoms with Crippen LogP contribution in [-0.4, -0.2) is 22.9 Å². The number of rotatable bonds is 1. The standard InChI is InChI=1S/C11H14N2OS/c12-11(3-4-11)10(14)13-5-1-8-2-6-15-9(8)7-13/h2,6H,1,3-5,7,12H2. The zero-order chi connectivity index (χ0) is 10.5. The molecule has 2 aliphatic rings. The Morgan fingerprint density at radius 1 is 1.53 bits per heavy atom. The van der Waals surface area contributed by atoms with Crippen LogP contribution < -0.4 is 5.73 Å². The predicted octanol–water partition coefficient (Wildman–Crippen LogP) is 1.12. The van der Waals surface area contributed by atoms with Gasteiger partial charge in [-0.25, -0.2) is 0 Å². The Labute approximate surface area is 92.9 Å². The average molecular weight is 222 g/mol. The summed E-state index contributed by atoms with van der Waals surface area (Å²) in [6.07, 6.45) is 2.71. The minimum Gasteiger partial charge on any atom is -0.336 e. The lowest BCUT2D eigenvalue weighted by Gasteiger charge is -2.29. The second-order valence-electron chi connectivity index (χ2n) is 4.50. The van der Waals surface area contributed by atoms with Gasteiger partial charge < -0.3 is 10.6 Å². The van der Waals surface area contributed by atoms with E-state index >= 15 is 0 Å². The predicted molar refractivity (Wildman–Crippen MR) is 59.6 cm³/mol. The van der Waals surface area contributed by atoms with Crippen molar-refractivity contribution in [1.29, 1.82) is 0 Å². The van der Waals surface area contributed by atoms with Gasteiger partial charge >= 0.3 is 0 Å². The van der Waals surface area contributed by atoms with E-state index in [0.717, 1.165) is 32.4 Å². The van der Waals surface area contributed by atoms with Crippen LogP contribution in [0.5, 0.6) is 0 Å². The molecule has 80 valence electrons. The maximum Gasteiger partial charge on any atom is 0.242 e. The number of thiophene rings is 1. The second-order valence-corrected chi connectivity index (χ2v) is 5.50. The van der Waals surface area contributed by atoms with E-state index < -0.39 is 5.54 Å². The van der Waals surface area contributed by atoms with Crippen molar-refractivity contribution in [2.75, 3.05) is 6.54 Å². The lowest BCUT2D eigenvalue weighted by molar-refractivity contribution is -0.134. The highest BCUT2D eigenvalue weighted by atomic mass is 32.1. The van der Waals surface area contributed by atoms with Gasteiger partial charge in [-0.3, -0.25) is 4.79 Å². The van der Waals surface area contributed by atoms with Crippen LogP contribution in [0.2, 0.25) is 0 Å². The van der Waals surface area contributed by atoms with Gasteiger partial charge in [0.25, 0.3) is 0 Å². The lowest BCUT2D eigenvalue weighted by Crippen LogP contribution is -2.47. The van der Waals surface area contributed by atoms with Crippen LogP contribution in [0.4, 0.5) is 0 Å². The molecule has 1 aromatic rings. The minimum atomic E-state index is -0.505. The van der Waals surface area contributed by atoms with Gasteiger partial charge in [-0.2, -0.15) is 0 Å². The van der Waals surface area contributed by atoms with E-state index in [1.54, 1.807) is 11.3 Å². The summed E-state index contributed by atoms with van der Waals surface area (Å²) in [5, 5.41) is 2.11. The molecule has 1 amide bonds. The number of amides is 1. The summed E-state index contributed by atoms with van der Waals surface area (Å²) in [6.45, 7) is 1.60. The number of nitrogens with two attached hydrogens (primary N) is 1. The van der Waals surface area contributed by atoms with Crippen molar-refractivity contribution in [2.45, 2.75) is 31.3 Å². The highest BCUT2D eigenvalue weighted by Gasteiger charge is 2.48. The Bertz CT molecular complexity index is 408. The molecule has 1 fully saturated rings. The molecule has 2 N–H and O–H groups in total. The summed E-state index contributed by atoms with van der Waals surface area (Å²) in [5.74, 6) is 0.154. The van der Waals surface area contributed by atoms with Crippen molar-refractivity contribution in [1.82, 2.24) is 4.90 Å². The highest BCUT2D eigenvalue weighted by molar-refractivity contribution is 7.10. The molecule has 2 heterocycles. The Balaban J connectivity index is 1.78. The minimum absolute atomic E-state index is 0.154. The molecule has 0 saturated heterocycles. The molecule has 1 aliphatic heterocycles. The van der Waals surface area contributed by atoms with Gasteiger partial charge in [0.15, 0.2) is 0 Å². The molecule has 3 rings (SSSR count). The van der Waals surface area contributed by atoms with E-state index in [4.69, 9.17) is 5.73 Å². The number of fused-ring (bicyclic) bond motifs is 1. The molecule has 0 spiro atoms. The average Bonchev–Trinajstić information content (AvgIpc) is 2.82. The van der Waals surface area contributed by atoms with Crippen LogP contribution in [0.3, 0.4) is 0 Å². The van der Waals surface area contributed by atoms with Gasteiger partial charge in [0.2, 0.25) is 5.91 Å². The Hall–Kier alpha value is -0.870. The van der Waals surface area contributed by atoms with Crippen molar-refractivity contribution < 1.29 is 4.79 Å². The van der Waals surface area contributed by atoms with Crippen molar-refractivity contribution >= 4 is 17.2 Å². The van der Waals surface area contributed by atoms with Gasteiger partial charge in [-0.05, 0) is 36.3 Å². The fraction of sp³-hybridized carbons (Fsp3) is 0.545. The third-order valence-corrected chi connectivity index (χ3v) is 4.27. The van der Waals surface area contributed by atoms with Crippen LogP contribution >= 0.6 is 11.3 Å². The molecule has 3 nitrogen and oxygen atoms in total. The molecule has 0 bridgehead atoms. The Morgan fingerprint density at radius 2 is 2.33 bits per heavy atom. The number of hydrogen-bond acceptors (Lipinski definition) is 3. The zero-order valence-corrected chi connectivity index (χ0v) is 9.35. The smallest absolute Gasteiger partial charge is 0.242 e. The van der Waals surface area contributed by atoms with Crippen molar-refractivity contribution in [3.05, 3.63) is 21.9 Å². The summed E-state index contributed by atoms with van der Waals surface area (Å²) in [7, 11) is 0. The third kappa shape index (κ3) is 1.48. The van der Waals surface area contributed by atoms with E-state index in [0.29, 0.717) is 0 Å². The van der Waals surface area contributed by atoms with Crippen LogP contribution in [-0.2, 0) is 17.8 Å². The first kappa shape index (κ1) is 9.36. The van der Waals surface area contributed by atoms with E-state index in [9.17, 15) is 4.79 Å². The number of hydrogen-bond donors (Lipinski definition) is 1. The SMILES string of the molecule is NC1(C(=O)N2CCc3ccsc3C2)CC1. The first-order valence-corrected chi connectivity index (χ1v) is 6.20. The monoisotopic (exact) mass is 222 g/mol. The zero-order valence-electron chi connectivity index (χ0n) is 8.53. The summed E-state index contributed by atoms with van der Waals surface area (Å²) in [6, 6.07) is 2.16. The quantitative estimate of drug-likeness (QED) is 0.774. The van der Waals surface area contributed by atoms with Gasteiger partial charge in [-0.1, -0.05) is 0 Å². The van der Waals surface area contributed by atoms with Crippen LogP contribution in [0.25, 0.3) is 0 Å². The maximum absolute atomic E-state index is 12.0. The fourth-order valence-electron chi connectivity index (χ4n) is 2.07. The van der Waals surface area contributed by atoms with E-state index in [-0.39, 0.29) is 5.91 Å². The summed E-state index contributed by atoms with van der Waals surface area (Å²) < 4.78 is 0. The third-order valence-electron chi connectivity index (χ3n) is 3.33. The Kier molecular flexibility index (Phi) is 1.91.